The smallest absolute Gasteiger partial charge is 0.255 e. The maximum atomic E-state index is 12.9. The number of piperidine rings is 1. The van der Waals surface area contributed by atoms with Gasteiger partial charge in [-0.05, 0) is 67.0 Å². The molecule has 2 atom stereocenters. The van der Waals surface area contributed by atoms with E-state index in [0.717, 1.165) is 11.3 Å². The fourth-order valence-electron chi connectivity index (χ4n) is 3.63. The topological polar surface area (TPSA) is 66.5 Å². The molecule has 0 unspecified atom stereocenters. The lowest BCUT2D eigenvalue weighted by molar-refractivity contribution is 0.102. The number of rotatable bonds is 5. The van der Waals surface area contributed by atoms with Crippen LogP contribution in [0.1, 0.15) is 30.6 Å². The summed E-state index contributed by atoms with van der Waals surface area (Å²) in [7, 11) is -3.54. The molecular formula is C21H26N2O3S2. The standard InChI is InChI=1S/C21H26N2O3S2/c1-15-11-16(2)14-23(13-15)28(25,26)20-9-7-17(8-10-20)21(24)22-18-5-4-6-19(12-18)27-3/h4-10,12,15-16H,11,13-14H2,1-3H3,(H,22,24)/t15-,16-/m1/s1. The summed E-state index contributed by atoms with van der Waals surface area (Å²) < 4.78 is 27.5. The van der Waals surface area contributed by atoms with Crippen LogP contribution in [-0.2, 0) is 10.0 Å². The van der Waals surface area contributed by atoms with Crippen LogP contribution in [0.2, 0.25) is 0 Å². The van der Waals surface area contributed by atoms with E-state index < -0.39 is 10.0 Å². The molecule has 0 bridgehead atoms. The predicted octanol–water partition coefficient (Wildman–Crippen LogP) is 4.33. The molecule has 0 saturated carbocycles. The van der Waals surface area contributed by atoms with Crippen LogP contribution in [0, 0.1) is 11.8 Å². The number of nitrogens with one attached hydrogen (secondary N) is 1. The van der Waals surface area contributed by atoms with Crippen LogP contribution < -0.4 is 5.32 Å². The zero-order chi connectivity index (χ0) is 20.3. The molecule has 2 aromatic carbocycles. The second-order valence-electron chi connectivity index (χ2n) is 7.48. The van der Waals surface area contributed by atoms with Gasteiger partial charge in [0.2, 0.25) is 10.0 Å². The molecule has 3 rings (SSSR count). The first-order valence-electron chi connectivity index (χ1n) is 9.35. The summed E-state index contributed by atoms with van der Waals surface area (Å²) in [6, 6.07) is 13.8. The molecular weight excluding hydrogens is 392 g/mol. The normalized spacial score (nSPS) is 20.7. The Morgan fingerprint density at radius 2 is 1.71 bits per heavy atom. The van der Waals surface area contributed by atoms with Gasteiger partial charge in [-0.2, -0.15) is 4.31 Å². The second-order valence-corrected chi connectivity index (χ2v) is 10.3. The third kappa shape index (κ3) is 4.77. The van der Waals surface area contributed by atoms with Gasteiger partial charge in [-0.1, -0.05) is 19.9 Å². The Bertz CT molecular complexity index is 932. The van der Waals surface area contributed by atoms with Crippen LogP contribution in [0.4, 0.5) is 5.69 Å². The van der Waals surface area contributed by atoms with Crippen molar-refractivity contribution in [1.82, 2.24) is 4.31 Å². The molecule has 0 aromatic heterocycles. The van der Waals surface area contributed by atoms with Crippen LogP contribution >= 0.6 is 11.8 Å². The summed E-state index contributed by atoms with van der Waals surface area (Å²) in [6.45, 7) is 5.25. The van der Waals surface area contributed by atoms with E-state index in [1.807, 2.05) is 30.5 Å². The van der Waals surface area contributed by atoms with Gasteiger partial charge >= 0.3 is 0 Å². The Hall–Kier alpha value is -1.83. The van der Waals surface area contributed by atoms with Crippen molar-refractivity contribution in [1.29, 1.82) is 0 Å². The summed E-state index contributed by atoms with van der Waals surface area (Å²) in [6.07, 6.45) is 3.02. The summed E-state index contributed by atoms with van der Waals surface area (Å²) in [5, 5.41) is 2.85. The number of benzene rings is 2. The van der Waals surface area contributed by atoms with E-state index in [0.29, 0.717) is 36.2 Å². The summed E-state index contributed by atoms with van der Waals surface area (Å²) in [5.74, 6) is 0.434. The van der Waals surface area contributed by atoms with Crippen molar-refractivity contribution in [2.24, 2.45) is 11.8 Å². The SMILES string of the molecule is CSc1cccc(NC(=O)c2ccc(S(=O)(=O)N3C[C@H](C)C[C@@H](C)C3)cc2)c1. The Kier molecular flexibility index (Phi) is 6.47. The number of amides is 1. The minimum absolute atomic E-state index is 0.231. The first-order valence-corrected chi connectivity index (χ1v) is 12.0. The Morgan fingerprint density at radius 1 is 1.07 bits per heavy atom. The average molecular weight is 419 g/mol. The summed E-state index contributed by atoms with van der Waals surface area (Å²) in [5.41, 5.74) is 1.14. The van der Waals surface area contributed by atoms with Gasteiger partial charge in [-0.15, -0.1) is 11.8 Å². The van der Waals surface area contributed by atoms with Crippen LogP contribution in [-0.4, -0.2) is 38.0 Å². The monoisotopic (exact) mass is 418 g/mol. The van der Waals surface area contributed by atoms with E-state index >= 15 is 0 Å². The van der Waals surface area contributed by atoms with Gasteiger partial charge in [0.25, 0.3) is 5.91 Å². The molecule has 1 amide bonds. The van der Waals surface area contributed by atoms with Gasteiger partial charge in [0.05, 0.1) is 4.90 Å². The maximum absolute atomic E-state index is 12.9. The van der Waals surface area contributed by atoms with Crippen molar-refractivity contribution < 1.29 is 13.2 Å². The van der Waals surface area contributed by atoms with Crippen LogP contribution in [0.25, 0.3) is 0 Å². The average Bonchev–Trinajstić information content (AvgIpc) is 2.67. The Morgan fingerprint density at radius 3 is 2.32 bits per heavy atom. The lowest BCUT2D eigenvalue weighted by Gasteiger charge is -2.34. The van der Waals surface area contributed by atoms with Crippen molar-refractivity contribution in [3.05, 3.63) is 54.1 Å². The molecule has 1 aliphatic rings. The van der Waals surface area contributed by atoms with Crippen molar-refractivity contribution >= 4 is 33.4 Å². The largest absolute Gasteiger partial charge is 0.322 e. The quantitative estimate of drug-likeness (QED) is 0.734. The van der Waals surface area contributed by atoms with E-state index in [4.69, 9.17) is 0 Å². The van der Waals surface area contributed by atoms with Crippen molar-refractivity contribution in [2.45, 2.75) is 30.1 Å². The van der Waals surface area contributed by atoms with E-state index in [2.05, 4.69) is 19.2 Å². The van der Waals surface area contributed by atoms with Gasteiger partial charge in [-0.25, -0.2) is 8.42 Å². The molecule has 1 aliphatic heterocycles. The van der Waals surface area contributed by atoms with Crippen molar-refractivity contribution in [2.75, 3.05) is 24.7 Å². The number of nitrogens with zero attached hydrogens (tertiary/aromatic N) is 1. The van der Waals surface area contributed by atoms with Gasteiger partial charge < -0.3 is 5.32 Å². The minimum Gasteiger partial charge on any atom is -0.322 e. The zero-order valence-corrected chi connectivity index (χ0v) is 18.0. The molecule has 0 spiro atoms. The Labute approximate surface area is 171 Å². The van der Waals surface area contributed by atoms with Gasteiger partial charge in [0.1, 0.15) is 0 Å². The number of carbonyl (C=O) groups excluding carboxylic acids is 1. The Balaban J connectivity index is 1.74. The molecule has 1 saturated heterocycles. The first kappa shape index (κ1) is 20.9. The zero-order valence-electron chi connectivity index (χ0n) is 16.4. The number of anilines is 1. The van der Waals surface area contributed by atoms with Gasteiger partial charge in [0, 0.05) is 29.2 Å². The highest BCUT2D eigenvalue weighted by Gasteiger charge is 2.31. The number of hydrogen-bond donors (Lipinski definition) is 1. The maximum Gasteiger partial charge on any atom is 0.255 e. The van der Waals surface area contributed by atoms with Crippen LogP contribution in [0.3, 0.4) is 0 Å². The van der Waals surface area contributed by atoms with E-state index in [1.165, 1.54) is 12.1 Å². The molecule has 0 aliphatic carbocycles. The number of hydrogen-bond acceptors (Lipinski definition) is 4. The first-order chi connectivity index (χ1) is 13.3. The van der Waals surface area contributed by atoms with Crippen molar-refractivity contribution in [3.8, 4) is 0 Å². The molecule has 0 radical (unpaired) electrons. The molecule has 2 aromatic rings. The molecule has 1 N–H and O–H groups in total. The molecule has 28 heavy (non-hydrogen) atoms. The summed E-state index contributed by atoms with van der Waals surface area (Å²) in [4.78, 5) is 13.8. The fraction of sp³-hybridized carbons (Fsp3) is 0.381. The fourth-order valence-corrected chi connectivity index (χ4v) is 5.77. The second kappa shape index (κ2) is 8.68. The molecule has 1 heterocycles. The molecule has 5 nitrogen and oxygen atoms in total. The van der Waals surface area contributed by atoms with Crippen LogP contribution in [0.15, 0.2) is 58.3 Å². The summed E-state index contributed by atoms with van der Waals surface area (Å²) >= 11 is 1.60. The van der Waals surface area contributed by atoms with Gasteiger partial charge in [-0.3, -0.25) is 4.79 Å². The minimum atomic E-state index is -3.54. The van der Waals surface area contributed by atoms with Crippen molar-refractivity contribution in [3.63, 3.8) is 0 Å². The lowest BCUT2D eigenvalue weighted by atomic mass is 9.94. The van der Waals surface area contributed by atoms with E-state index in [9.17, 15) is 13.2 Å². The molecule has 150 valence electrons. The third-order valence-electron chi connectivity index (χ3n) is 4.92. The van der Waals surface area contributed by atoms with Gasteiger partial charge in [0.15, 0.2) is 0 Å². The highest BCUT2D eigenvalue weighted by Crippen LogP contribution is 2.27. The third-order valence-corrected chi connectivity index (χ3v) is 7.49. The van der Waals surface area contributed by atoms with Crippen LogP contribution in [0.5, 0.6) is 0 Å². The highest BCUT2D eigenvalue weighted by molar-refractivity contribution is 7.98. The molecule has 1 fully saturated rings. The number of sulfonamides is 1. The van der Waals surface area contributed by atoms with E-state index in [1.54, 1.807) is 28.2 Å². The highest BCUT2D eigenvalue weighted by atomic mass is 32.2. The number of carbonyl (C=O) groups is 1. The molecule has 7 heteroatoms. The predicted molar refractivity (Wildman–Crippen MR) is 114 cm³/mol. The lowest BCUT2D eigenvalue weighted by Crippen LogP contribution is -2.42. The van der Waals surface area contributed by atoms with E-state index in [-0.39, 0.29) is 10.8 Å². The number of thioether (sulfide) groups is 1.